The highest BCUT2D eigenvalue weighted by atomic mass is 16.6. The Morgan fingerprint density at radius 2 is 1.59 bits per heavy atom. The summed E-state index contributed by atoms with van der Waals surface area (Å²) in [6.45, 7) is 12.8. The number of carbonyl (C=O) groups is 3. The quantitative estimate of drug-likeness (QED) is 0.471. The third-order valence-corrected chi connectivity index (χ3v) is 8.24. The predicted octanol–water partition coefficient (Wildman–Crippen LogP) is 4.13. The average molecular weight is 514 g/mol. The minimum absolute atomic E-state index is 0.0537. The van der Waals surface area contributed by atoms with Gasteiger partial charge in [0.2, 0.25) is 0 Å². The van der Waals surface area contributed by atoms with Crippen LogP contribution in [0.1, 0.15) is 71.8 Å². The van der Waals surface area contributed by atoms with Crippen LogP contribution in [0.3, 0.4) is 0 Å². The smallest absolute Gasteiger partial charge is 0.410 e. The number of benzene rings is 1. The Labute approximate surface area is 221 Å². The molecular weight excluding hydrogens is 470 g/mol. The lowest BCUT2D eigenvalue weighted by Gasteiger charge is -2.53. The van der Waals surface area contributed by atoms with Crippen molar-refractivity contribution in [2.75, 3.05) is 32.7 Å². The van der Waals surface area contributed by atoms with E-state index in [0.29, 0.717) is 0 Å². The lowest BCUT2D eigenvalue weighted by atomic mass is 9.60. The van der Waals surface area contributed by atoms with Crippen molar-refractivity contribution in [1.82, 2.24) is 15.1 Å². The molecule has 2 aliphatic heterocycles. The van der Waals surface area contributed by atoms with Crippen LogP contribution in [0.15, 0.2) is 30.3 Å². The molecule has 8 nitrogen and oxygen atoms in total. The van der Waals surface area contributed by atoms with Crippen LogP contribution in [0, 0.1) is 10.8 Å². The van der Waals surface area contributed by atoms with Crippen molar-refractivity contribution < 1.29 is 23.9 Å². The van der Waals surface area contributed by atoms with Gasteiger partial charge in [-0.25, -0.2) is 9.59 Å². The van der Waals surface area contributed by atoms with Crippen LogP contribution < -0.4 is 5.32 Å². The van der Waals surface area contributed by atoms with Crippen molar-refractivity contribution in [2.45, 2.75) is 84.5 Å². The number of nitrogens with zero attached hydrogens (tertiary/aromatic N) is 2. The minimum Gasteiger partial charge on any atom is -0.454 e. The van der Waals surface area contributed by atoms with Crippen LogP contribution in [0.25, 0.3) is 0 Å². The molecule has 37 heavy (non-hydrogen) atoms. The van der Waals surface area contributed by atoms with E-state index in [4.69, 9.17) is 9.47 Å². The highest BCUT2D eigenvalue weighted by Gasteiger charge is 2.47. The molecular formula is C29H43N3O5. The van der Waals surface area contributed by atoms with Crippen molar-refractivity contribution >= 4 is 18.0 Å². The normalized spacial score (nSPS) is 21.7. The Bertz CT molecular complexity index is 950. The maximum Gasteiger partial charge on any atom is 0.410 e. The largest absolute Gasteiger partial charge is 0.454 e. The van der Waals surface area contributed by atoms with Crippen molar-refractivity contribution in [1.29, 1.82) is 0 Å². The van der Waals surface area contributed by atoms with E-state index in [1.165, 1.54) is 0 Å². The first-order valence-electron chi connectivity index (χ1n) is 13.7. The van der Waals surface area contributed by atoms with Gasteiger partial charge in [-0.15, -0.1) is 0 Å². The van der Waals surface area contributed by atoms with E-state index < -0.39 is 17.5 Å². The maximum atomic E-state index is 12.4. The second-order valence-corrected chi connectivity index (χ2v) is 12.7. The van der Waals surface area contributed by atoms with E-state index in [1.807, 2.05) is 56.0 Å². The van der Waals surface area contributed by atoms with Gasteiger partial charge in [0.05, 0.1) is 0 Å². The summed E-state index contributed by atoms with van der Waals surface area (Å²) in [4.78, 5) is 41.1. The van der Waals surface area contributed by atoms with Crippen molar-refractivity contribution in [2.24, 2.45) is 10.8 Å². The van der Waals surface area contributed by atoms with Gasteiger partial charge in [-0.1, -0.05) is 37.3 Å². The number of esters is 1. The molecule has 2 amide bonds. The van der Waals surface area contributed by atoms with Crippen LogP contribution in [-0.4, -0.2) is 72.1 Å². The molecule has 1 aromatic rings. The molecule has 1 spiro atoms. The number of amides is 2. The fourth-order valence-corrected chi connectivity index (χ4v) is 5.97. The summed E-state index contributed by atoms with van der Waals surface area (Å²) in [7, 11) is 0. The van der Waals surface area contributed by atoms with Gasteiger partial charge in [-0.05, 0) is 88.8 Å². The van der Waals surface area contributed by atoms with Gasteiger partial charge in [0.15, 0.2) is 0 Å². The summed E-state index contributed by atoms with van der Waals surface area (Å²) in [6, 6.07) is 9.42. The Balaban J connectivity index is 1.13. The third-order valence-electron chi connectivity index (χ3n) is 8.24. The lowest BCUT2D eigenvalue weighted by Crippen LogP contribution is -2.57. The van der Waals surface area contributed by atoms with Gasteiger partial charge in [-0.2, -0.15) is 0 Å². The summed E-state index contributed by atoms with van der Waals surface area (Å²) < 4.78 is 10.7. The molecule has 0 radical (unpaired) electrons. The van der Waals surface area contributed by atoms with Gasteiger partial charge in [0, 0.05) is 25.7 Å². The number of hydrogen-bond donors (Lipinski definition) is 1. The predicted molar refractivity (Wildman–Crippen MR) is 141 cm³/mol. The SMILES string of the molecule is CC1(CN2CCC3(CC2)CC(NC(=O)C(=O)OCc2ccccc2)C3)CCN(C(=O)OC(C)(C)C)CC1. The van der Waals surface area contributed by atoms with E-state index in [9.17, 15) is 14.4 Å². The molecule has 0 aromatic heterocycles. The molecule has 4 rings (SSSR count). The zero-order valence-electron chi connectivity index (χ0n) is 22.9. The van der Waals surface area contributed by atoms with Crippen LogP contribution in [0.2, 0.25) is 0 Å². The average Bonchev–Trinajstić information content (AvgIpc) is 2.82. The molecule has 0 bridgehead atoms. The number of ether oxygens (including phenoxy) is 2. The number of likely N-dealkylation sites (tertiary alicyclic amines) is 2. The summed E-state index contributed by atoms with van der Waals surface area (Å²) >= 11 is 0. The second kappa shape index (κ2) is 11.0. The molecule has 3 aliphatic rings. The Morgan fingerprint density at radius 1 is 0.973 bits per heavy atom. The topological polar surface area (TPSA) is 88.2 Å². The molecule has 204 valence electrons. The van der Waals surface area contributed by atoms with Gasteiger partial charge >= 0.3 is 18.0 Å². The van der Waals surface area contributed by atoms with Crippen LogP contribution >= 0.6 is 0 Å². The summed E-state index contributed by atoms with van der Waals surface area (Å²) in [5.74, 6) is -1.45. The van der Waals surface area contributed by atoms with Crippen molar-refractivity contribution in [3.63, 3.8) is 0 Å². The van der Waals surface area contributed by atoms with Gasteiger partial charge in [-0.3, -0.25) is 4.79 Å². The van der Waals surface area contributed by atoms with Crippen molar-refractivity contribution in [3.05, 3.63) is 35.9 Å². The first-order valence-corrected chi connectivity index (χ1v) is 13.7. The third kappa shape index (κ3) is 7.46. The van der Waals surface area contributed by atoms with E-state index in [1.54, 1.807) is 0 Å². The monoisotopic (exact) mass is 513 g/mol. The molecule has 1 aromatic carbocycles. The molecule has 8 heteroatoms. The standard InChI is InChI=1S/C29H43N3O5/c1-27(2,3)37-26(35)32-16-10-28(4,11-17-32)21-31-14-12-29(13-15-31)18-23(19-29)30-24(33)25(34)36-20-22-8-6-5-7-9-22/h5-9,23H,10-21H2,1-4H3,(H,30,33). The molecule has 1 saturated carbocycles. The van der Waals surface area contributed by atoms with Gasteiger partial charge < -0.3 is 24.6 Å². The number of piperidine rings is 2. The molecule has 0 atom stereocenters. The molecule has 0 unspecified atom stereocenters. The molecule has 2 heterocycles. The van der Waals surface area contributed by atoms with Crippen molar-refractivity contribution in [3.8, 4) is 0 Å². The summed E-state index contributed by atoms with van der Waals surface area (Å²) in [5, 5.41) is 2.86. The van der Waals surface area contributed by atoms with E-state index in [-0.39, 0.29) is 29.6 Å². The summed E-state index contributed by atoms with van der Waals surface area (Å²) in [6.07, 6.45) is 5.88. The van der Waals surface area contributed by atoms with E-state index >= 15 is 0 Å². The highest BCUT2D eigenvalue weighted by Crippen LogP contribution is 2.49. The van der Waals surface area contributed by atoms with Crippen LogP contribution in [0.4, 0.5) is 4.79 Å². The van der Waals surface area contributed by atoms with E-state index in [2.05, 4.69) is 17.1 Å². The molecule has 2 saturated heterocycles. The number of carbonyl (C=O) groups excluding carboxylic acids is 3. The Kier molecular flexibility index (Phi) is 8.17. The fraction of sp³-hybridized carbons (Fsp3) is 0.690. The maximum absolute atomic E-state index is 12.4. The first kappa shape index (κ1) is 27.4. The minimum atomic E-state index is -0.814. The number of nitrogens with one attached hydrogen (secondary N) is 1. The zero-order chi connectivity index (χ0) is 26.7. The van der Waals surface area contributed by atoms with Gasteiger partial charge in [0.1, 0.15) is 12.2 Å². The molecule has 1 aliphatic carbocycles. The fourth-order valence-electron chi connectivity index (χ4n) is 5.97. The molecule has 3 fully saturated rings. The highest BCUT2D eigenvalue weighted by molar-refractivity contribution is 6.32. The van der Waals surface area contributed by atoms with E-state index in [0.717, 1.165) is 76.8 Å². The first-order chi connectivity index (χ1) is 17.4. The number of rotatable bonds is 5. The second-order valence-electron chi connectivity index (χ2n) is 12.7. The zero-order valence-corrected chi connectivity index (χ0v) is 22.9. The number of hydrogen-bond acceptors (Lipinski definition) is 6. The van der Waals surface area contributed by atoms with Crippen LogP contribution in [0.5, 0.6) is 0 Å². The molecule has 1 N–H and O–H groups in total. The Morgan fingerprint density at radius 3 is 2.19 bits per heavy atom. The summed E-state index contributed by atoms with van der Waals surface area (Å²) in [5.41, 5.74) is 0.889. The van der Waals surface area contributed by atoms with Crippen LogP contribution in [-0.2, 0) is 25.7 Å². The Hall–Kier alpha value is -2.61. The van der Waals surface area contributed by atoms with Gasteiger partial charge in [0.25, 0.3) is 0 Å². The lowest BCUT2D eigenvalue weighted by molar-refractivity contribution is -0.157.